The van der Waals surface area contributed by atoms with Gasteiger partial charge in [0, 0.05) is 0 Å². The van der Waals surface area contributed by atoms with Crippen LogP contribution in [0.4, 0.5) is 0 Å². The van der Waals surface area contributed by atoms with Crippen LogP contribution in [0.3, 0.4) is 0 Å². The molecule has 0 aliphatic carbocycles. The molecule has 106 valence electrons. The van der Waals surface area contributed by atoms with Gasteiger partial charge in [0.1, 0.15) is 5.60 Å². The number of ether oxygens (including phenoxy) is 1. The molecule has 0 saturated carbocycles. The minimum absolute atomic E-state index is 0.293. The molecule has 0 bridgehead atoms. The SMILES string of the molecule is CC1(C)OC(=O)c2ccccc2CN=C1c1ccccc1. The molecule has 21 heavy (non-hydrogen) atoms. The molecule has 3 nitrogen and oxygen atoms in total. The summed E-state index contributed by atoms with van der Waals surface area (Å²) in [5, 5.41) is 0. The first kappa shape index (κ1) is 13.6. The van der Waals surface area contributed by atoms with Crippen molar-refractivity contribution in [2.75, 3.05) is 0 Å². The van der Waals surface area contributed by atoms with E-state index >= 15 is 0 Å². The Labute approximate surface area is 124 Å². The molecular formula is C18H17NO2. The number of hydrogen-bond acceptors (Lipinski definition) is 3. The van der Waals surface area contributed by atoms with Crippen molar-refractivity contribution in [1.82, 2.24) is 0 Å². The van der Waals surface area contributed by atoms with E-state index in [9.17, 15) is 4.79 Å². The fourth-order valence-electron chi connectivity index (χ4n) is 2.58. The number of carbonyl (C=O) groups excluding carboxylic acids is 1. The second-order valence-electron chi connectivity index (χ2n) is 5.59. The predicted molar refractivity (Wildman–Crippen MR) is 82.6 cm³/mol. The van der Waals surface area contributed by atoms with Crippen LogP contribution in [-0.4, -0.2) is 17.3 Å². The Kier molecular flexibility index (Phi) is 3.34. The number of carbonyl (C=O) groups is 1. The molecule has 2 aromatic rings. The summed E-state index contributed by atoms with van der Waals surface area (Å²) in [5.74, 6) is -0.293. The van der Waals surface area contributed by atoms with Crippen LogP contribution in [-0.2, 0) is 11.3 Å². The van der Waals surface area contributed by atoms with Crippen LogP contribution < -0.4 is 0 Å². The number of aliphatic imine (C=N–C) groups is 1. The van der Waals surface area contributed by atoms with Gasteiger partial charge in [-0.2, -0.15) is 0 Å². The van der Waals surface area contributed by atoms with Crippen LogP contribution in [0, 0.1) is 0 Å². The second-order valence-corrected chi connectivity index (χ2v) is 5.59. The van der Waals surface area contributed by atoms with E-state index in [0.29, 0.717) is 12.1 Å². The van der Waals surface area contributed by atoms with Crippen molar-refractivity contribution < 1.29 is 9.53 Å². The van der Waals surface area contributed by atoms with Crippen LogP contribution in [0.1, 0.15) is 35.3 Å². The topological polar surface area (TPSA) is 38.7 Å². The summed E-state index contributed by atoms with van der Waals surface area (Å²) >= 11 is 0. The summed E-state index contributed by atoms with van der Waals surface area (Å²) in [6.45, 7) is 4.24. The van der Waals surface area contributed by atoms with Crippen LogP contribution in [0.2, 0.25) is 0 Å². The fraction of sp³-hybridized carbons (Fsp3) is 0.222. The van der Waals surface area contributed by atoms with Crippen molar-refractivity contribution >= 4 is 11.7 Å². The standard InChI is InChI=1S/C18H17NO2/c1-18(2)16(13-8-4-3-5-9-13)19-12-14-10-6-7-11-15(14)17(20)21-18/h3-11H,12H2,1-2H3. The smallest absolute Gasteiger partial charge is 0.339 e. The second kappa shape index (κ2) is 5.17. The molecular weight excluding hydrogens is 262 g/mol. The fourth-order valence-corrected chi connectivity index (χ4v) is 2.58. The van der Waals surface area contributed by atoms with E-state index in [4.69, 9.17) is 9.73 Å². The zero-order valence-electron chi connectivity index (χ0n) is 12.2. The first-order valence-electron chi connectivity index (χ1n) is 6.99. The van der Waals surface area contributed by atoms with Gasteiger partial charge in [0.15, 0.2) is 0 Å². The monoisotopic (exact) mass is 279 g/mol. The highest BCUT2D eigenvalue weighted by atomic mass is 16.6. The van der Waals surface area contributed by atoms with E-state index in [2.05, 4.69) is 0 Å². The van der Waals surface area contributed by atoms with Crippen molar-refractivity contribution in [2.24, 2.45) is 4.99 Å². The Hall–Kier alpha value is -2.42. The molecule has 2 aromatic carbocycles. The molecule has 0 saturated heterocycles. The molecule has 0 radical (unpaired) electrons. The van der Waals surface area contributed by atoms with Crippen molar-refractivity contribution in [3.8, 4) is 0 Å². The lowest BCUT2D eigenvalue weighted by Crippen LogP contribution is -2.39. The van der Waals surface area contributed by atoms with E-state index in [-0.39, 0.29) is 5.97 Å². The van der Waals surface area contributed by atoms with Crippen molar-refractivity contribution in [2.45, 2.75) is 26.0 Å². The first-order chi connectivity index (χ1) is 10.1. The van der Waals surface area contributed by atoms with Gasteiger partial charge < -0.3 is 4.74 Å². The number of benzene rings is 2. The van der Waals surface area contributed by atoms with Gasteiger partial charge in [-0.25, -0.2) is 4.79 Å². The maximum absolute atomic E-state index is 12.4. The minimum atomic E-state index is -0.758. The van der Waals surface area contributed by atoms with Gasteiger partial charge in [-0.1, -0.05) is 48.5 Å². The Morgan fingerprint density at radius 3 is 2.43 bits per heavy atom. The van der Waals surface area contributed by atoms with Gasteiger partial charge in [0.05, 0.1) is 17.8 Å². The van der Waals surface area contributed by atoms with E-state index in [1.165, 1.54) is 0 Å². The summed E-state index contributed by atoms with van der Waals surface area (Å²) < 4.78 is 5.70. The molecule has 0 spiro atoms. The Morgan fingerprint density at radius 2 is 1.67 bits per heavy atom. The van der Waals surface area contributed by atoms with Gasteiger partial charge in [-0.05, 0) is 31.0 Å². The van der Waals surface area contributed by atoms with Crippen LogP contribution >= 0.6 is 0 Å². The van der Waals surface area contributed by atoms with Crippen molar-refractivity contribution in [3.05, 3.63) is 71.3 Å². The number of esters is 1. The van der Waals surface area contributed by atoms with E-state index in [1.807, 2.05) is 62.4 Å². The summed E-state index contributed by atoms with van der Waals surface area (Å²) in [5.41, 5.74) is 2.51. The summed E-state index contributed by atoms with van der Waals surface area (Å²) in [7, 11) is 0. The Balaban J connectivity index is 2.11. The zero-order valence-corrected chi connectivity index (χ0v) is 12.2. The summed E-state index contributed by atoms with van der Waals surface area (Å²) in [6.07, 6.45) is 0. The Morgan fingerprint density at radius 1 is 1.00 bits per heavy atom. The number of cyclic esters (lactones) is 1. The quantitative estimate of drug-likeness (QED) is 0.748. The lowest BCUT2D eigenvalue weighted by atomic mass is 9.94. The summed E-state index contributed by atoms with van der Waals surface area (Å²) in [6, 6.07) is 17.3. The average Bonchev–Trinajstić information content (AvgIpc) is 2.47. The molecule has 0 atom stereocenters. The van der Waals surface area contributed by atoms with Crippen LogP contribution in [0.5, 0.6) is 0 Å². The van der Waals surface area contributed by atoms with Crippen molar-refractivity contribution in [3.63, 3.8) is 0 Å². The number of nitrogens with zero attached hydrogens (tertiary/aromatic N) is 1. The van der Waals surface area contributed by atoms with Gasteiger partial charge >= 0.3 is 5.97 Å². The molecule has 0 amide bonds. The van der Waals surface area contributed by atoms with E-state index in [1.54, 1.807) is 6.07 Å². The lowest BCUT2D eigenvalue weighted by molar-refractivity contribution is 0.0229. The van der Waals surface area contributed by atoms with Gasteiger partial charge in [0.25, 0.3) is 0 Å². The zero-order chi connectivity index (χ0) is 14.9. The lowest BCUT2D eigenvalue weighted by Gasteiger charge is -2.29. The highest BCUT2D eigenvalue weighted by Crippen LogP contribution is 2.25. The van der Waals surface area contributed by atoms with Gasteiger partial charge in [-0.15, -0.1) is 0 Å². The maximum Gasteiger partial charge on any atom is 0.339 e. The maximum atomic E-state index is 12.4. The predicted octanol–water partition coefficient (Wildman–Crippen LogP) is 3.62. The first-order valence-corrected chi connectivity index (χ1v) is 6.99. The Bertz CT molecular complexity index is 702. The third-order valence-electron chi connectivity index (χ3n) is 3.61. The molecule has 0 N–H and O–H groups in total. The number of hydrogen-bond donors (Lipinski definition) is 0. The molecule has 0 unspecified atom stereocenters. The summed E-state index contributed by atoms with van der Waals surface area (Å²) in [4.78, 5) is 17.1. The normalized spacial score (nSPS) is 17.0. The molecule has 1 aliphatic rings. The van der Waals surface area contributed by atoms with Crippen LogP contribution in [0.15, 0.2) is 59.6 Å². The number of rotatable bonds is 1. The highest BCUT2D eigenvalue weighted by molar-refractivity contribution is 6.08. The van der Waals surface area contributed by atoms with E-state index in [0.717, 1.165) is 16.8 Å². The number of fused-ring (bicyclic) bond motifs is 1. The largest absolute Gasteiger partial charge is 0.450 e. The average molecular weight is 279 g/mol. The van der Waals surface area contributed by atoms with E-state index < -0.39 is 5.60 Å². The van der Waals surface area contributed by atoms with Crippen molar-refractivity contribution in [1.29, 1.82) is 0 Å². The highest BCUT2D eigenvalue weighted by Gasteiger charge is 2.33. The van der Waals surface area contributed by atoms with Crippen LogP contribution in [0.25, 0.3) is 0 Å². The molecule has 3 rings (SSSR count). The van der Waals surface area contributed by atoms with Gasteiger partial charge in [-0.3, -0.25) is 4.99 Å². The third-order valence-corrected chi connectivity index (χ3v) is 3.61. The molecule has 1 heterocycles. The molecule has 0 fully saturated rings. The third kappa shape index (κ3) is 2.59. The minimum Gasteiger partial charge on any atom is -0.450 e. The van der Waals surface area contributed by atoms with Gasteiger partial charge in [0.2, 0.25) is 0 Å². The molecule has 3 heteroatoms. The molecule has 1 aliphatic heterocycles. The molecule has 0 aromatic heterocycles.